The summed E-state index contributed by atoms with van der Waals surface area (Å²) in [5.74, 6) is 2.70. The molecular formula is C18H23BrN4. The molecule has 5 heteroatoms. The van der Waals surface area contributed by atoms with Crippen LogP contribution >= 0.6 is 15.9 Å². The fourth-order valence-electron chi connectivity index (χ4n) is 2.90. The SMILES string of the molecule is Cc1nc(Nc2ccc(C)c(Br)c2)cc(N2CCCCCC2)n1. The van der Waals surface area contributed by atoms with E-state index in [4.69, 9.17) is 0 Å². The monoisotopic (exact) mass is 374 g/mol. The van der Waals surface area contributed by atoms with Gasteiger partial charge in [0.2, 0.25) is 0 Å². The number of hydrogen-bond donors (Lipinski definition) is 1. The Bertz CT molecular complexity index is 679. The van der Waals surface area contributed by atoms with E-state index >= 15 is 0 Å². The summed E-state index contributed by atoms with van der Waals surface area (Å²) in [6.07, 6.45) is 5.14. The van der Waals surface area contributed by atoms with Crippen molar-refractivity contribution >= 4 is 33.3 Å². The second-order valence-electron chi connectivity index (χ2n) is 6.15. The van der Waals surface area contributed by atoms with E-state index < -0.39 is 0 Å². The highest BCUT2D eigenvalue weighted by molar-refractivity contribution is 9.10. The molecule has 0 amide bonds. The molecule has 1 aliphatic rings. The zero-order chi connectivity index (χ0) is 16.2. The molecular weight excluding hydrogens is 352 g/mol. The Morgan fingerprint density at radius 1 is 1.00 bits per heavy atom. The van der Waals surface area contributed by atoms with Crippen molar-refractivity contribution in [1.82, 2.24) is 9.97 Å². The average molecular weight is 375 g/mol. The van der Waals surface area contributed by atoms with Gasteiger partial charge in [-0.05, 0) is 44.4 Å². The predicted octanol–water partition coefficient (Wildman–Crippen LogP) is 4.98. The number of hydrogen-bond acceptors (Lipinski definition) is 4. The number of anilines is 3. The van der Waals surface area contributed by atoms with Gasteiger partial charge >= 0.3 is 0 Å². The number of aryl methyl sites for hydroxylation is 2. The minimum atomic E-state index is 0.806. The first-order valence-electron chi connectivity index (χ1n) is 8.25. The molecule has 4 nitrogen and oxygen atoms in total. The standard InChI is InChI=1S/C18H23BrN4/c1-13-7-8-15(11-16(13)19)22-17-12-18(21-14(2)20-17)23-9-5-3-4-6-10-23/h7-8,11-12H,3-6,9-10H2,1-2H3,(H,20,21,22). The molecule has 0 radical (unpaired) electrons. The Balaban J connectivity index is 1.83. The Kier molecular flexibility index (Phi) is 5.16. The molecule has 2 aromatic rings. The number of rotatable bonds is 3. The van der Waals surface area contributed by atoms with Crippen molar-refractivity contribution in [3.8, 4) is 0 Å². The van der Waals surface area contributed by atoms with Gasteiger partial charge in [0.1, 0.15) is 17.5 Å². The van der Waals surface area contributed by atoms with Crippen molar-refractivity contribution in [3.63, 3.8) is 0 Å². The summed E-state index contributed by atoms with van der Waals surface area (Å²) >= 11 is 3.58. The van der Waals surface area contributed by atoms with Crippen LogP contribution in [0.25, 0.3) is 0 Å². The molecule has 1 aliphatic heterocycles. The largest absolute Gasteiger partial charge is 0.356 e. The van der Waals surface area contributed by atoms with E-state index in [9.17, 15) is 0 Å². The lowest BCUT2D eigenvalue weighted by molar-refractivity contribution is 0.726. The van der Waals surface area contributed by atoms with Gasteiger partial charge < -0.3 is 10.2 Å². The molecule has 23 heavy (non-hydrogen) atoms. The second kappa shape index (κ2) is 7.30. The van der Waals surface area contributed by atoms with Gasteiger partial charge in [-0.2, -0.15) is 0 Å². The van der Waals surface area contributed by atoms with Crippen LogP contribution in [0.1, 0.15) is 37.1 Å². The summed E-state index contributed by atoms with van der Waals surface area (Å²) in [6.45, 7) is 6.22. The van der Waals surface area contributed by atoms with Gasteiger partial charge in [0.25, 0.3) is 0 Å². The van der Waals surface area contributed by atoms with E-state index in [-0.39, 0.29) is 0 Å². The summed E-state index contributed by atoms with van der Waals surface area (Å²) in [6, 6.07) is 8.31. The molecule has 0 saturated carbocycles. The van der Waals surface area contributed by atoms with Gasteiger partial charge in [0.15, 0.2) is 0 Å². The van der Waals surface area contributed by atoms with Gasteiger partial charge in [-0.1, -0.05) is 34.8 Å². The topological polar surface area (TPSA) is 41.1 Å². The minimum absolute atomic E-state index is 0.806. The number of nitrogens with one attached hydrogen (secondary N) is 1. The molecule has 1 fully saturated rings. The fraction of sp³-hybridized carbons (Fsp3) is 0.444. The van der Waals surface area contributed by atoms with Gasteiger partial charge in [-0.3, -0.25) is 0 Å². The predicted molar refractivity (Wildman–Crippen MR) is 99.6 cm³/mol. The highest BCUT2D eigenvalue weighted by Crippen LogP contribution is 2.25. The smallest absolute Gasteiger partial charge is 0.136 e. The van der Waals surface area contributed by atoms with Crippen LogP contribution in [-0.2, 0) is 0 Å². The van der Waals surface area contributed by atoms with E-state index in [0.29, 0.717) is 0 Å². The maximum Gasteiger partial charge on any atom is 0.136 e. The van der Waals surface area contributed by atoms with Crippen LogP contribution in [-0.4, -0.2) is 23.1 Å². The Morgan fingerprint density at radius 3 is 2.43 bits per heavy atom. The maximum atomic E-state index is 4.64. The molecule has 0 bridgehead atoms. The van der Waals surface area contributed by atoms with Crippen LogP contribution in [0.5, 0.6) is 0 Å². The van der Waals surface area contributed by atoms with Crippen LogP contribution in [0.3, 0.4) is 0 Å². The van der Waals surface area contributed by atoms with E-state index in [1.54, 1.807) is 0 Å². The van der Waals surface area contributed by atoms with Crippen LogP contribution in [0.4, 0.5) is 17.3 Å². The first-order chi connectivity index (χ1) is 11.1. The molecule has 0 spiro atoms. The van der Waals surface area contributed by atoms with Crippen molar-refractivity contribution in [3.05, 3.63) is 40.1 Å². The molecule has 3 rings (SSSR count). The number of benzene rings is 1. The second-order valence-corrected chi connectivity index (χ2v) is 7.00. The number of aromatic nitrogens is 2. The van der Waals surface area contributed by atoms with Gasteiger partial charge in [0, 0.05) is 29.3 Å². The lowest BCUT2D eigenvalue weighted by Crippen LogP contribution is -2.25. The lowest BCUT2D eigenvalue weighted by Gasteiger charge is -2.22. The average Bonchev–Trinajstić information content (AvgIpc) is 2.80. The third-order valence-electron chi connectivity index (χ3n) is 4.20. The Hall–Kier alpha value is -1.62. The van der Waals surface area contributed by atoms with Gasteiger partial charge in [-0.15, -0.1) is 0 Å². The van der Waals surface area contributed by atoms with Crippen LogP contribution in [0.2, 0.25) is 0 Å². The first-order valence-corrected chi connectivity index (χ1v) is 9.05. The molecule has 0 atom stereocenters. The van der Waals surface area contributed by atoms with E-state index in [1.165, 1.54) is 31.2 Å². The zero-order valence-corrected chi connectivity index (χ0v) is 15.4. The van der Waals surface area contributed by atoms with Gasteiger partial charge in [-0.25, -0.2) is 9.97 Å². The van der Waals surface area contributed by atoms with Crippen LogP contribution in [0.15, 0.2) is 28.7 Å². The molecule has 1 saturated heterocycles. The van der Waals surface area contributed by atoms with Crippen LogP contribution in [0, 0.1) is 13.8 Å². The highest BCUT2D eigenvalue weighted by Gasteiger charge is 2.13. The molecule has 1 aromatic heterocycles. The summed E-state index contributed by atoms with van der Waals surface area (Å²) in [7, 11) is 0. The number of nitrogens with zero attached hydrogens (tertiary/aromatic N) is 3. The summed E-state index contributed by atoms with van der Waals surface area (Å²) in [5.41, 5.74) is 2.25. The van der Waals surface area contributed by atoms with Crippen molar-refractivity contribution in [1.29, 1.82) is 0 Å². The van der Waals surface area contributed by atoms with Gasteiger partial charge in [0.05, 0.1) is 0 Å². The molecule has 2 heterocycles. The molecule has 0 unspecified atom stereocenters. The maximum absolute atomic E-state index is 4.64. The molecule has 1 aromatic carbocycles. The normalized spacial score (nSPS) is 15.3. The van der Waals surface area contributed by atoms with Crippen LogP contribution < -0.4 is 10.2 Å². The van der Waals surface area contributed by atoms with E-state index in [2.05, 4.69) is 67.3 Å². The number of halogens is 1. The van der Waals surface area contributed by atoms with E-state index in [0.717, 1.165) is 40.7 Å². The quantitative estimate of drug-likeness (QED) is 0.822. The third kappa shape index (κ3) is 4.22. The van der Waals surface area contributed by atoms with E-state index in [1.807, 2.05) is 6.92 Å². The Labute approximate surface area is 146 Å². The molecule has 122 valence electrons. The summed E-state index contributed by atoms with van der Waals surface area (Å²) < 4.78 is 1.10. The summed E-state index contributed by atoms with van der Waals surface area (Å²) in [5, 5.41) is 3.40. The highest BCUT2D eigenvalue weighted by atomic mass is 79.9. The zero-order valence-electron chi connectivity index (χ0n) is 13.8. The molecule has 1 N–H and O–H groups in total. The lowest BCUT2D eigenvalue weighted by atomic mass is 10.2. The molecule has 0 aliphatic carbocycles. The van der Waals surface area contributed by atoms with Crippen molar-refractivity contribution < 1.29 is 0 Å². The van der Waals surface area contributed by atoms with Crippen molar-refractivity contribution in [2.24, 2.45) is 0 Å². The van der Waals surface area contributed by atoms with Crippen molar-refractivity contribution in [2.75, 3.05) is 23.3 Å². The summed E-state index contributed by atoms with van der Waals surface area (Å²) in [4.78, 5) is 11.6. The fourth-order valence-corrected chi connectivity index (χ4v) is 3.28. The minimum Gasteiger partial charge on any atom is -0.356 e. The third-order valence-corrected chi connectivity index (χ3v) is 5.05. The first kappa shape index (κ1) is 16.2. The van der Waals surface area contributed by atoms with Crippen molar-refractivity contribution in [2.45, 2.75) is 39.5 Å². The Morgan fingerprint density at radius 2 is 1.74 bits per heavy atom.